The van der Waals surface area contributed by atoms with Crippen LogP contribution in [-0.4, -0.2) is 5.91 Å². The molecule has 1 atom stereocenters. The number of nitrogens with one attached hydrogen (secondary N) is 1. The number of nitrogen functional groups attached to an aromatic ring is 1. The maximum Gasteiger partial charge on any atom is 0.288 e. The lowest BCUT2D eigenvalue weighted by Crippen LogP contribution is -2.31. The maximum absolute atomic E-state index is 12.2. The van der Waals surface area contributed by atoms with Gasteiger partial charge in [0.2, 0.25) is 5.76 Å². The predicted molar refractivity (Wildman–Crippen MR) is 80.4 cm³/mol. The van der Waals surface area contributed by atoms with Gasteiger partial charge in [-0.3, -0.25) is 4.79 Å². The summed E-state index contributed by atoms with van der Waals surface area (Å²) in [5, 5.41) is 3.03. The molecule has 0 saturated carbocycles. The molecule has 0 spiro atoms. The number of halogens is 1. The molecule has 0 bridgehead atoms. The molecule has 0 fully saturated rings. The van der Waals surface area contributed by atoms with E-state index in [2.05, 4.69) is 21.2 Å². The first-order valence-electron chi connectivity index (χ1n) is 6.57. The number of benzene rings is 1. The van der Waals surface area contributed by atoms with E-state index in [0.717, 1.165) is 30.5 Å². The van der Waals surface area contributed by atoms with Gasteiger partial charge in [0, 0.05) is 5.69 Å². The third kappa shape index (κ3) is 2.45. The van der Waals surface area contributed by atoms with Crippen molar-refractivity contribution in [2.45, 2.75) is 25.3 Å². The second-order valence-electron chi connectivity index (χ2n) is 4.97. The molecule has 104 valence electrons. The van der Waals surface area contributed by atoms with Crippen molar-refractivity contribution in [2.24, 2.45) is 0 Å². The van der Waals surface area contributed by atoms with Crippen LogP contribution in [-0.2, 0) is 6.42 Å². The Morgan fingerprint density at radius 1 is 1.40 bits per heavy atom. The summed E-state index contributed by atoms with van der Waals surface area (Å²) in [6, 6.07) is 7.61. The normalized spacial score (nSPS) is 17.6. The number of carbonyl (C=O) groups excluding carboxylic acids is 1. The van der Waals surface area contributed by atoms with Gasteiger partial charge in [0.05, 0.1) is 16.8 Å². The molecule has 20 heavy (non-hydrogen) atoms. The zero-order valence-electron chi connectivity index (χ0n) is 10.9. The van der Waals surface area contributed by atoms with E-state index in [4.69, 9.17) is 10.2 Å². The number of fused-ring (bicyclic) bond motifs is 1. The van der Waals surface area contributed by atoms with E-state index >= 15 is 0 Å². The number of carbonyl (C=O) groups is 1. The molecule has 3 N–H and O–H groups in total. The van der Waals surface area contributed by atoms with Gasteiger partial charge in [0.25, 0.3) is 5.91 Å². The minimum atomic E-state index is -0.198. The minimum absolute atomic E-state index is 0.0175. The van der Waals surface area contributed by atoms with E-state index in [-0.39, 0.29) is 11.9 Å². The number of amides is 1. The average molecular weight is 335 g/mol. The van der Waals surface area contributed by atoms with Crippen LogP contribution in [0.1, 0.15) is 40.6 Å². The fourth-order valence-corrected chi connectivity index (χ4v) is 3.05. The van der Waals surface area contributed by atoms with Crippen molar-refractivity contribution >= 4 is 27.5 Å². The molecule has 2 aromatic rings. The molecule has 1 aliphatic carbocycles. The summed E-state index contributed by atoms with van der Waals surface area (Å²) in [5.74, 6) is 0.115. The molecule has 0 saturated heterocycles. The Bertz CT molecular complexity index is 651. The highest BCUT2D eigenvalue weighted by Crippen LogP contribution is 2.31. The second kappa shape index (κ2) is 5.32. The van der Waals surface area contributed by atoms with Crippen LogP contribution in [0, 0.1) is 0 Å². The topological polar surface area (TPSA) is 68.3 Å². The lowest BCUT2D eigenvalue weighted by Gasteiger charge is -2.26. The van der Waals surface area contributed by atoms with Crippen LogP contribution in [0.4, 0.5) is 5.69 Å². The maximum atomic E-state index is 12.2. The fourth-order valence-electron chi connectivity index (χ4n) is 2.66. The van der Waals surface area contributed by atoms with Crippen molar-refractivity contribution in [2.75, 3.05) is 5.73 Å². The molecule has 5 heteroatoms. The standard InChI is InChI=1S/C15H15BrN2O2/c16-12-6-7-20-14(12)15(19)18-13-3-1-2-9-8-10(17)4-5-11(9)13/h4-8,13H,1-3,17H2,(H,18,19). The van der Waals surface area contributed by atoms with Gasteiger partial charge in [-0.1, -0.05) is 6.07 Å². The molecule has 1 aliphatic rings. The number of nitrogens with two attached hydrogens (primary N) is 1. The van der Waals surface area contributed by atoms with Crippen LogP contribution in [0.25, 0.3) is 0 Å². The third-order valence-electron chi connectivity index (χ3n) is 3.61. The number of furan rings is 1. The van der Waals surface area contributed by atoms with Crippen molar-refractivity contribution in [1.82, 2.24) is 5.32 Å². The van der Waals surface area contributed by atoms with Gasteiger partial charge >= 0.3 is 0 Å². The van der Waals surface area contributed by atoms with Crippen molar-refractivity contribution < 1.29 is 9.21 Å². The second-order valence-corrected chi connectivity index (χ2v) is 5.83. The number of hydrogen-bond donors (Lipinski definition) is 2. The summed E-state index contributed by atoms with van der Waals surface area (Å²) in [6.07, 6.45) is 4.48. The van der Waals surface area contributed by atoms with E-state index in [0.29, 0.717) is 10.2 Å². The lowest BCUT2D eigenvalue weighted by molar-refractivity contribution is 0.0903. The van der Waals surface area contributed by atoms with Gasteiger partial charge in [0.1, 0.15) is 0 Å². The van der Waals surface area contributed by atoms with Gasteiger partial charge < -0.3 is 15.5 Å². The average Bonchev–Trinajstić information content (AvgIpc) is 2.85. The van der Waals surface area contributed by atoms with E-state index in [1.54, 1.807) is 6.07 Å². The molecule has 3 rings (SSSR count). The smallest absolute Gasteiger partial charge is 0.288 e. The van der Waals surface area contributed by atoms with Crippen molar-refractivity contribution in [3.63, 3.8) is 0 Å². The molecule has 0 radical (unpaired) electrons. The van der Waals surface area contributed by atoms with Crippen molar-refractivity contribution in [3.05, 3.63) is 51.9 Å². The molecular weight excluding hydrogens is 320 g/mol. The summed E-state index contributed by atoms with van der Waals surface area (Å²) in [6.45, 7) is 0. The summed E-state index contributed by atoms with van der Waals surface area (Å²) < 4.78 is 5.87. The van der Waals surface area contributed by atoms with Gasteiger partial charge in [-0.15, -0.1) is 0 Å². The summed E-state index contributed by atoms with van der Waals surface area (Å²) >= 11 is 3.30. The van der Waals surface area contributed by atoms with Gasteiger partial charge in [0.15, 0.2) is 0 Å². The highest BCUT2D eigenvalue weighted by Gasteiger charge is 2.24. The summed E-state index contributed by atoms with van der Waals surface area (Å²) in [7, 11) is 0. The third-order valence-corrected chi connectivity index (χ3v) is 4.23. The van der Waals surface area contributed by atoms with Gasteiger partial charge in [-0.25, -0.2) is 0 Å². The molecule has 0 aliphatic heterocycles. The highest BCUT2D eigenvalue weighted by molar-refractivity contribution is 9.10. The first kappa shape index (κ1) is 13.2. The highest BCUT2D eigenvalue weighted by atomic mass is 79.9. The monoisotopic (exact) mass is 334 g/mol. The van der Waals surface area contributed by atoms with E-state index in [9.17, 15) is 4.79 Å². The summed E-state index contributed by atoms with van der Waals surface area (Å²) in [5.41, 5.74) is 8.96. The molecule has 1 unspecified atom stereocenters. The van der Waals surface area contributed by atoms with Crippen LogP contribution in [0.5, 0.6) is 0 Å². The Morgan fingerprint density at radius 2 is 2.25 bits per heavy atom. The van der Waals surface area contributed by atoms with Crippen LogP contribution < -0.4 is 11.1 Å². The lowest BCUT2D eigenvalue weighted by atomic mass is 9.87. The molecule has 4 nitrogen and oxygen atoms in total. The zero-order chi connectivity index (χ0) is 14.1. The first-order chi connectivity index (χ1) is 9.65. The Hall–Kier alpha value is -1.75. The number of hydrogen-bond acceptors (Lipinski definition) is 3. The first-order valence-corrected chi connectivity index (χ1v) is 7.36. The quantitative estimate of drug-likeness (QED) is 0.826. The Labute approximate surface area is 125 Å². The predicted octanol–water partition coefficient (Wildman–Crippen LogP) is 3.43. The molecule has 1 amide bonds. The Kier molecular flexibility index (Phi) is 3.53. The van der Waals surface area contributed by atoms with E-state index < -0.39 is 0 Å². The minimum Gasteiger partial charge on any atom is -0.458 e. The molecule has 1 heterocycles. The van der Waals surface area contributed by atoms with Crippen LogP contribution in [0.2, 0.25) is 0 Å². The van der Waals surface area contributed by atoms with Crippen molar-refractivity contribution in [3.8, 4) is 0 Å². The Morgan fingerprint density at radius 3 is 3.00 bits per heavy atom. The van der Waals surface area contributed by atoms with Crippen LogP contribution in [0.3, 0.4) is 0 Å². The van der Waals surface area contributed by atoms with Crippen molar-refractivity contribution in [1.29, 1.82) is 0 Å². The molecular formula is C15H15BrN2O2. The molecule has 1 aromatic carbocycles. The van der Waals surface area contributed by atoms with Crippen LogP contribution in [0.15, 0.2) is 39.4 Å². The van der Waals surface area contributed by atoms with Gasteiger partial charge in [-0.05, 0) is 64.5 Å². The number of rotatable bonds is 2. The summed E-state index contributed by atoms with van der Waals surface area (Å²) in [4.78, 5) is 12.2. The SMILES string of the molecule is Nc1ccc2c(c1)CCCC2NC(=O)c1occc1Br. The van der Waals surface area contributed by atoms with Gasteiger partial charge in [-0.2, -0.15) is 0 Å². The largest absolute Gasteiger partial charge is 0.458 e. The zero-order valence-corrected chi connectivity index (χ0v) is 12.4. The van der Waals surface area contributed by atoms with E-state index in [1.807, 2.05) is 18.2 Å². The number of anilines is 1. The number of aryl methyl sites for hydroxylation is 1. The molecule has 1 aromatic heterocycles. The van der Waals surface area contributed by atoms with Crippen LogP contribution >= 0.6 is 15.9 Å². The van der Waals surface area contributed by atoms with E-state index in [1.165, 1.54) is 11.8 Å². The Balaban J connectivity index is 1.83. The fraction of sp³-hybridized carbons (Fsp3) is 0.267.